The summed E-state index contributed by atoms with van der Waals surface area (Å²) < 4.78 is 54.9. The molecule has 0 bridgehead atoms. The van der Waals surface area contributed by atoms with Crippen LogP contribution in [-0.4, -0.2) is 38.9 Å². The summed E-state index contributed by atoms with van der Waals surface area (Å²) in [5.74, 6) is -1.20. The second-order valence-corrected chi connectivity index (χ2v) is 7.00. The zero-order valence-electron chi connectivity index (χ0n) is 15.1. The van der Waals surface area contributed by atoms with Crippen molar-refractivity contribution in [3.63, 3.8) is 0 Å². The average Bonchev–Trinajstić information content (AvgIpc) is 2.35. The number of halogens is 3. The van der Waals surface area contributed by atoms with E-state index in [4.69, 9.17) is 0 Å². The fourth-order valence-electron chi connectivity index (χ4n) is 2.47. The molecule has 0 saturated heterocycles. The molecule has 0 spiro atoms. The van der Waals surface area contributed by atoms with E-state index in [0.29, 0.717) is 12.7 Å². The van der Waals surface area contributed by atoms with Gasteiger partial charge in [-0.1, -0.05) is 27.2 Å². The first-order chi connectivity index (χ1) is 11.2. The van der Waals surface area contributed by atoms with Crippen molar-refractivity contribution in [1.29, 1.82) is 0 Å². The molecule has 0 saturated carbocycles. The Morgan fingerprint density at radius 1 is 1.31 bits per heavy atom. The van der Waals surface area contributed by atoms with Crippen LogP contribution in [-0.2, 0) is 23.9 Å². The summed E-state index contributed by atoms with van der Waals surface area (Å²) in [6.07, 6.45) is -2.77. The van der Waals surface area contributed by atoms with Crippen molar-refractivity contribution in [1.82, 2.24) is 5.32 Å². The van der Waals surface area contributed by atoms with Crippen LogP contribution in [0, 0.1) is 11.3 Å². The van der Waals surface area contributed by atoms with Crippen LogP contribution >= 0.6 is 0 Å². The van der Waals surface area contributed by atoms with Gasteiger partial charge in [0.15, 0.2) is 0 Å². The van der Waals surface area contributed by atoms with Crippen LogP contribution in [0.25, 0.3) is 0 Å². The van der Waals surface area contributed by atoms with Gasteiger partial charge in [-0.3, -0.25) is 9.59 Å². The fourth-order valence-corrected chi connectivity index (χ4v) is 2.81. The minimum Gasteiger partial charge on any atom is -0.846 e. The van der Waals surface area contributed by atoms with Gasteiger partial charge >= 0.3 is 35.9 Å². The number of nitrogens with one attached hydrogen (secondary N) is 1. The number of amidine groups is 1. The van der Waals surface area contributed by atoms with Gasteiger partial charge < -0.3 is 10.4 Å². The Morgan fingerprint density at radius 3 is 2.08 bits per heavy atom. The molecule has 0 aromatic heterocycles. The van der Waals surface area contributed by atoms with Crippen LogP contribution in [0.15, 0.2) is 4.99 Å². The molecular formula is C13H20F3N2NaO6S. The van der Waals surface area contributed by atoms with Gasteiger partial charge in [0.25, 0.3) is 16.0 Å². The van der Waals surface area contributed by atoms with E-state index in [1.54, 1.807) is 6.92 Å². The SMILES string of the molecule is CCCC(C)C1(CC)C(=O)N=C([O-])NC1=O.CS(=O)(=O)OC(F)(F)F.[Na+]. The number of hydrogen-bond acceptors (Lipinski definition) is 6. The Bertz CT molecular complexity index is 638. The molecule has 13 heteroatoms. The van der Waals surface area contributed by atoms with E-state index in [2.05, 4.69) is 14.5 Å². The topological polar surface area (TPSA) is 125 Å². The minimum absolute atomic E-state index is 0. The van der Waals surface area contributed by atoms with E-state index >= 15 is 0 Å². The van der Waals surface area contributed by atoms with Gasteiger partial charge in [-0.2, -0.15) is 12.6 Å². The monoisotopic (exact) mass is 412 g/mol. The first-order valence-corrected chi connectivity index (χ1v) is 9.10. The number of amides is 2. The minimum atomic E-state index is -5.10. The van der Waals surface area contributed by atoms with Gasteiger partial charge in [-0.25, -0.2) is 4.99 Å². The van der Waals surface area contributed by atoms with Crippen LogP contribution < -0.4 is 40.0 Å². The Labute approximate surface area is 172 Å². The van der Waals surface area contributed by atoms with Crippen molar-refractivity contribution in [3.8, 4) is 0 Å². The molecule has 26 heavy (non-hydrogen) atoms. The maximum Gasteiger partial charge on any atom is 1.00 e. The van der Waals surface area contributed by atoms with E-state index in [-0.39, 0.29) is 35.5 Å². The maximum absolute atomic E-state index is 11.9. The second kappa shape index (κ2) is 10.6. The summed E-state index contributed by atoms with van der Waals surface area (Å²) in [4.78, 5) is 27.1. The Hall–Kier alpha value is -0.690. The van der Waals surface area contributed by atoms with Crippen LogP contribution in [0.3, 0.4) is 0 Å². The third-order valence-corrected chi connectivity index (χ3v) is 4.07. The maximum atomic E-state index is 11.9. The zero-order chi connectivity index (χ0) is 20.1. The van der Waals surface area contributed by atoms with Crippen LogP contribution in [0.2, 0.25) is 0 Å². The second-order valence-electron chi connectivity index (χ2n) is 5.42. The summed E-state index contributed by atoms with van der Waals surface area (Å²) >= 11 is 0. The summed E-state index contributed by atoms with van der Waals surface area (Å²) in [7, 11) is -4.41. The molecule has 8 nitrogen and oxygen atoms in total. The van der Waals surface area contributed by atoms with Crippen molar-refractivity contribution in [2.24, 2.45) is 16.3 Å². The molecule has 1 heterocycles. The number of nitrogens with zero attached hydrogens (tertiary/aromatic N) is 1. The molecule has 2 atom stereocenters. The summed E-state index contributed by atoms with van der Waals surface area (Å²) in [5, 5.41) is 13.1. The Kier molecular flexibility index (Phi) is 11.2. The van der Waals surface area contributed by atoms with Crippen molar-refractivity contribution >= 4 is 28.0 Å². The number of aliphatic imine (C=N–C) groups is 1. The number of carbonyl (C=O) groups is 2. The van der Waals surface area contributed by atoms with Gasteiger partial charge in [0.1, 0.15) is 5.41 Å². The third kappa shape index (κ3) is 8.33. The molecular weight excluding hydrogens is 392 g/mol. The van der Waals surface area contributed by atoms with Gasteiger partial charge in [0, 0.05) is 0 Å². The predicted molar refractivity (Wildman–Crippen MR) is 79.4 cm³/mol. The third-order valence-electron chi connectivity index (χ3n) is 3.58. The van der Waals surface area contributed by atoms with Crippen molar-refractivity contribution < 1.29 is 70.0 Å². The smallest absolute Gasteiger partial charge is 0.846 e. The molecule has 2 unspecified atom stereocenters. The van der Waals surface area contributed by atoms with Crippen molar-refractivity contribution in [2.75, 3.05) is 6.26 Å². The molecule has 1 aliphatic rings. The van der Waals surface area contributed by atoms with Crippen molar-refractivity contribution in [3.05, 3.63) is 0 Å². The van der Waals surface area contributed by atoms with E-state index in [1.807, 2.05) is 13.8 Å². The number of carbonyl (C=O) groups excluding carboxylic acids is 2. The van der Waals surface area contributed by atoms with E-state index in [0.717, 1.165) is 12.8 Å². The Balaban J connectivity index is 0. The molecule has 146 valence electrons. The van der Waals surface area contributed by atoms with Gasteiger partial charge in [-0.15, -0.1) is 13.2 Å². The summed E-state index contributed by atoms with van der Waals surface area (Å²) in [6.45, 7) is 5.62. The molecule has 0 aliphatic carbocycles. The molecule has 2 amide bonds. The number of hydrogen-bond donors (Lipinski definition) is 1. The first kappa shape index (κ1) is 27.5. The van der Waals surface area contributed by atoms with Gasteiger partial charge in [0.2, 0.25) is 5.91 Å². The molecule has 0 fully saturated rings. The normalized spacial score (nSPS) is 21.6. The molecule has 0 aromatic carbocycles. The average molecular weight is 412 g/mol. The van der Waals surface area contributed by atoms with Crippen LogP contribution in [0.5, 0.6) is 0 Å². The molecule has 0 radical (unpaired) electrons. The standard InChI is InChI=1S/C11H18N2O3.C2H3F3O3S.Na/c1-4-6-7(3)11(5-2)8(14)12-10(16)13-9(11)15;1-9(6,7)8-2(3,4)5;/h7H,4-6H2,1-3H3,(H2,12,13,14,15,16);1H3;/q;;+1/p-1. The number of rotatable bonds is 5. The molecule has 0 aromatic rings. The van der Waals surface area contributed by atoms with E-state index < -0.39 is 39.7 Å². The van der Waals surface area contributed by atoms with Crippen molar-refractivity contribution in [2.45, 2.75) is 46.4 Å². The first-order valence-electron chi connectivity index (χ1n) is 7.28. The van der Waals surface area contributed by atoms with Crippen LogP contribution in [0.1, 0.15) is 40.0 Å². The van der Waals surface area contributed by atoms with E-state index in [9.17, 15) is 36.3 Å². The fraction of sp³-hybridized carbons (Fsp3) is 0.769. The molecule has 1 rings (SSSR count). The quantitative estimate of drug-likeness (QED) is 0.307. The number of alkyl halides is 3. The largest absolute Gasteiger partial charge is 1.00 e. The van der Waals surface area contributed by atoms with Gasteiger partial charge in [-0.05, 0) is 18.8 Å². The summed E-state index contributed by atoms with van der Waals surface area (Å²) in [6, 6.07) is -0.845. The molecule has 1 aliphatic heterocycles. The predicted octanol–water partition coefficient (Wildman–Crippen LogP) is -2.32. The van der Waals surface area contributed by atoms with Crippen LogP contribution in [0.4, 0.5) is 13.2 Å². The zero-order valence-corrected chi connectivity index (χ0v) is 18.0. The molecule has 1 N–H and O–H groups in total. The Morgan fingerprint density at radius 2 is 1.81 bits per heavy atom. The van der Waals surface area contributed by atoms with Gasteiger partial charge in [0.05, 0.1) is 12.3 Å². The van der Waals surface area contributed by atoms with E-state index in [1.165, 1.54) is 0 Å². The summed E-state index contributed by atoms with van der Waals surface area (Å²) in [5.41, 5.74) is -1.15.